The lowest BCUT2D eigenvalue weighted by molar-refractivity contribution is -0.117. The third kappa shape index (κ3) is 5.63. The Morgan fingerprint density at radius 3 is 2.34 bits per heavy atom. The van der Waals surface area contributed by atoms with Crippen molar-refractivity contribution in [1.29, 1.82) is 0 Å². The summed E-state index contributed by atoms with van der Waals surface area (Å²) in [4.78, 5) is 26.7. The van der Waals surface area contributed by atoms with Gasteiger partial charge in [0.15, 0.2) is 0 Å². The van der Waals surface area contributed by atoms with Crippen molar-refractivity contribution in [2.45, 2.75) is 13.5 Å². The molecule has 0 saturated heterocycles. The van der Waals surface area contributed by atoms with E-state index in [4.69, 9.17) is 0 Å². The zero-order valence-corrected chi connectivity index (χ0v) is 21.6. The second-order valence-electron chi connectivity index (χ2n) is 8.68. The van der Waals surface area contributed by atoms with Crippen LogP contribution in [-0.4, -0.2) is 22.6 Å². The zero-order chi connectivity index (χ0) is 26.3. The fourth-order valence-electron chi connectivity index (χ4n) is 4.26. The molecule has 0 fully saturated rings. The van der Waals surface area contributed by atoms with E-state index in [0.29, 0.717) is 5.56 Å². The highest BCUT2D eigenvalue weighted by Gasteiger charge is 2.16. The third-order valence-corrected chi connectivity index (χ3v) is 7.00. The molecule has 7 heteroatoms. The highest BCUT2D eigenvalue weighted by molar-refractivity contribution is 7.10. The van der Waals surface area contributed by atoms with Crippen LogP contribution in [0.15, 0.2) is 113 Å². The van der Waals surface area contributed by atoms with Crippen LogP contribution in [0, 0.1) is 6.92 Å². The van der Waals surface area contributed by atoms with E-state index in [1.165, 1.54) is 16.9 Å². The summed E-state index contributed by atoms with van der Waals surface area (Å²) >= 11 is 1.47. The normalized spacial score (nSPS) is 11.7. The van der Waals surface area contributed by atoms with Gasteiger partial charge in [0.2, 0.25) is 0 Å². The molecule has 0 aliphatic rings. The second kappa shape index (κ2) is 11.5. The molecule has 0 aliphatic carbocycles. The zero-order valence-electron chi connectivity index (χ0n) is 20.8. The van der Waals surface area contributed by atoms with Gasteiger partial charge in [-0.15, -0.1) is 11.3 Å². The molecule has 5 aromatic rings. The Labute approximate surface area is 224 Å². The molecule has 2 amide bonds. The fourth-order valence-corrected chi connectivity index (χ4v) is 4.92. The molecule has 0 radical (unpaired) electrons. The van der Waals surface area contributed by atoms with Crippen LogP contribution >= 0.6 is 11.3 Å². The summed E-state index contributed by atoms with van der Waals surface area (Å²) in [6.07, 6.45) is 3.31. The summed E-state index contributed by atoms with van der Waals surface area (Å²) in [5, 5.41) is 9.96. The molecule has 188 valence electrons. The number of thiophene rings is 1. The molecule has 38 heavy (non-hydrogen) atoms. The first-order chi connectivity index (χ1) is 18.6. The maximum absolute atomic E-state index is 13.1. The standard InChI is InChI=1S/C31H26N4O2S/c1-22-27(26-16-8-9-17-29(26)35(22)21-23-11-4-2-5-12-23)20-32-34-31(37)28(19-25-15-10-18-38-25)33-30(36)24-13-6-3-7-14-24/h2-20H,21H2,1H3,(H,33,36)(H,34,37)/b28-19+,32-20?. The van der Waals surface area contributed by atoms with Gasteiger partial charge in [-0.25, -0.2) is 5.43 Å². The lowest BCUT2D eigenvalue weighted by Crippen LogP contribution is -2.32. The van der Waals surface area contributed by atoms with E-state index in [-0.39, 0.29) is 11.6 Å². The minimum Gasteiger partial charge on any atom is -0.340 e. The number of fused-ring (bicyclic) bond motifs is 1. The van der Waals surface area contributed by atoms with Gasteiger partial charge in [0.05, 0.1) is 6.21 Å². The number of nitrogens with zero attached hydrogens (tertiary/aromatic N) is 2. The van der Waals surface area contributed by atoms with Gasteiger partial charge in [0, 0.05) is 39.1 Å². The molecule has 2 N–H and O–H groups in total. The largest absolute Gasteiger partial charge is 0.340 e. The van der Waals surface area contributed by atoms with Gasteiger partial charge in [0.1, 0.15) is 5.70 Å². The summed E-state index contributed by atoms with van der Waals surface area (Å²) < 4.78 is 2.25. The van der Waals surface area contributed by atoms with Crippen LogP contribution in [0.25, 0.3) is 17.0 Å². The van der Waals surface area contributed by atoms with Crippen molar-refractivity contribution in [1.82, 2.24) is 15.3 Å². The first kappa shape index (κ1) is 24.9. The number of aromatic nitrogens is 1. The number of carbonyl (C=O) groups is 2. The number of hydrazone groups is 1. The Hall–Kier alpha value is -4.75. The lowest BCUT2D eigenvalue weighted by Gasteiger charge is -2.09. The smallest absolute Gasteiger partial charge is 0.287 e. The van der Waals surface area contributed by atoms with Crippen molar-refractivity contribution in [3.8, 4) is 0 Å². The maximum atomic E-state index is 13.1. The van der Waals surface area contributed by atoms with E-state index in [2.05, 4.69) is 44.7 Å². The minimum absolute atomic E-state index is 0.113. The predicted molar refractivity (Wildman–Crippen MR) is 154 cm³/mol. The predicted octanol–water partition coefficient (Wildman–Crippen LogP) is 5.98. The number of hydrogen-bond donors (Lipinski definition) is 2. The fraction of sp³-hybridized carbons (Fsp3) is 0.0645. The van der Waals surface area contributed by atoms with E-state index in [9.17, 15) is 9.59 Å². The number of benzene rings is 3. The molecule has 3 aromatic carbocycles. The van der Waals surface area contributed by atoms with Crippen LogP contribution in [0.5, 0.6) is 0 Å². The Morgan fingerprint density at radius 2 is 1.61 bits per heavy atom. The van der Waals surface area contributed by atoms with Crippen LogP contribution in [-0.2, 0) is 11.3 Å². The molecule has 2 heterocycles. The summed E-state index contributed by atoms with van der Waals surface area (Å²) in [5.41, 5.74) is 7.43. The molecular formula is C31H26N4O2S. The van der Waals surface area contributed by atoms with Gasteiger partial charge >= 0.3 is 0 Å². The molecule has 2 aromatic heterocycles. The Morgan fingerprint density at radius 1 is 0.895 bits per heavy atom. The molecule has 0 atom stereocenters. The number of carbonyl (C=O) groups excluding carboxylic acids is 2. The van der Waals surface area contributed by atoms with Crippen molar-refractivity contribution in [2.24, 2.45) is 5.10 Å². The van der Waals surface area contributed by atoms with Crippen molar-refractivity contribution in [2.75, 3.05) is 0 Å². The first-order valence-electron chi connectivity index (χ1n) is 12.2. The second-order valence-corrected chi connectivity index (χ2v) is 9.66. The minimum atomic E-state index is -0.510. The number of nitrogens with one attached hydrogen (secondary N) is 2. The lowest BCUT2D eigenvalue weighted by atomic mass is 10.1. The van der Waals surface area contributed by atoms with Gasteiger partial charge in [-0.1, -0.05) is 72.8 Å². The topological polar surface area (TPSA) is 75.5 Å². The van der Waals surface area contributed by atoms with E-state index in [0.717, 1.165) is 33.6 Å². The monoisotopic (exact) mass is 518 g/mol. The van der Waals surface area contributed by atoms with Gasteiger partial charge in [-0.3, -0.25) is 9.59 Å². The molecule has 0 saturated carbocycles. The van der Waals surface area contributed by atoms with Crippen LogP contribution < -0.4 is 10.7 Å². The number of hydrogen-bond acceptors (Lipinski definition) is 4. The van der Waals surface area contributed by atoms with Crippen molar-refractivity contribution in [3.63, 3.8) is 0 Å². The van der Waals surface area contributed by atoms with Crippen molar-refractivity contribution in [3.05, 3.63) is 135 Å². The summed E-state index contributed by atoms with van der Waals surface area (Å²) in [7, 11) is 0. The maximum Gasteiger partial charge on any atom is 0.287 e. The van der Waals surface area contributed by atoms with E-state index in [1.54, 1.807) is 36.6 Å². The summed E-state index contributed by atoms with van der Waals surface area (Å²) in [6.45, 7) is 2.78. The van der Waals surface area contributed by atoms with Gasteiger partial charge in [-0.2, -0.15) is 5.10 Å². The van der Waals surface area contributed by atoms with Crippen molar-refractivity contribution < 1.29 is 9.59 Å². The summed E-state index contributed by atoms with van der Waals surface area (Å²) in [6, 6.07) is 31.0. The molecule has 0 unspecified atom stereocenters. The SMILES string of the molecule is Cc1c(C=NNC(=O)/C(=C\c2cccs2)NC(=O)c2ccccc2)c2ccccc2n1Cc1ccccc1. The summed E-state index contributed by atoms with van der Waals surface area (Å²) in [5.74, 6) is -0.878. The molecular weight excluding hydrogens is 492 g/mol. The quantitative estimate of drug-likeness (QED) is 0.151. The molecule has 0 aliphatic heterocycles. The highest BCUT2D eigenvalue weighted by Crippen LogP contribution is 2.25. The molecule has 6 nitrogen and oxygen atoms in total. The Bertz CT molecular complexity index is 1620. The molecule has 0 spiro atoms. The van der Waals surface area contributed by atoms with Gasteiger partial charge in [0.25, 0.3) is 11.8 Å². The van der Waals surface area contributed by atoms with Crippen LogP contribution in [0.3, 0.4) is 0 Å². The van der Waals surface area contributed by atoms with Gasteiger partial charge < -0.3 is 9.88 Å². The van der Waals surface area contributed by atoms with Crippen LogP contribution in [0.4, 0.5) is 0 Å². The van der Waals surface area contributed by atoms with Crippen LogP contribution in [0.1, 0.15) is 32.1 Å². The molecule has 0 bridgehead atoms. The van der Waals surface area contributed by atoms with E-state index >= 15 is 0 Å². The molecule has 5 rings (SSSR count). The van der Waals surface area contributed by atoms with Gasteiger partial charge in [-0.05, 0) is 48.2 Å². The Kier molecular flexibility index (Phi) is 7.57. The average Bonchev–Trinajstić information content (AvgIpc) is 3.56. The third-order valence-electron chi connectivity index (χ3n) is 6.18. The number of amides is 2. The highest BCUT2D eigenvalue weighted by atomic mass is 32.1. The van der Waals surface area contributed by atoms with Crippen LogP contribution in [0.2, 0.25) is 0 Å². The average molecular weight is 519 g/mol. The Balaban J connectivity index is 1.39. The first-order valence-corrected chi connectivity index (χ1v) is 13.0. The van der Waals surface area contributed by atoms with E-state index in [1.807, 2.05) is 60.8 Å². The van der Waals surface area contributed by atoms with Crippen molar-refractivity contribution >= 4 is 46.3 Å². The van der Waals surface area contributed by atoms with E-state index < -0.39 is 5.91 Å². The number of para-hydroxylation sites is 1. The number of rotatable bonds is 8.